The number of hydrogen-bond donors (Lipinski definition) is 0. The molecule has 0 aliphatic carbocycles. The molecule has 0 aliphatic rings. The average Bonchev–Trinajstić information content (AvgIpc) is 2.18. The van der Waals surface area contributed by atoms with Crippen molar-refractivity contribution in [3.05, 3.63) is 35.9 Å². The van der Waals surface area contributed by atoms with E-state index in [4.69, 9.17) is 4.74 Å². The van der Waals surface area contributed by atoms with Gasteiger partial charge in [-0.1, -0.05) is 32.1 Å². The van der Waals surface area contributed by atoms with Gasteiger partial charge in [0.15, 0.2) is 0 Å². The lowest BCUT2D eigenvalue weighted by Crippen LogP contribution is -2.22. The van der Waals surface area contributed by atoms with E-state index in [0.29, 0.717) is 5.92 Å². The number of hydrogen-bond acceptors (Lipinski definition) is 1. The fraction of sp³-hybridized carbons (Fsp3) is 0.500. The van der Waals surface area contributed by atoms with Crippen molar-refractivity contribution in [2.24, 2.45) is 5.92 Å². The molecule has 0 unspecified atom stereocenters. The summed E-state index contributed by atoms with van der Waals surface area (Å²) in [4.78, 5) is 0. The van der Waals surface area contributed by atoms with Gasteiger partial charge in [-0.2, -0.15) is 0 Å². The predicted molar refractivity (Wildman–Crippen MR) is 75.3 cm³/mol. The Morgan fingerprint density at radius 3 is 2.00 bits per heavy atom. The van der Waals surface area contributed by atoms with Crippen molar-refractivity contribution < 1.29 is 4.74 Å². The highest BCUT2D eigenvalue weighted by atomic mass is 16.5. The Hall–Kier alpha value is -1.24. The molecule has 0 radical (unpaired) electrons. The largest absolute Gasteiger partial charge is 0.488 e. The monoisotopic (exact) mass is 232 g/mol. The topological polar surface area (TPSA) is 9.23 Å². The molecule has 1 aromatic rings. The third-order valence-electron chi connectivity index (χ3n) is 2.54. The van der Waals surface area contributed by atoms with Crippen molar-refractivity contribution in [1.82, 2.24) is 0 Å². The van der Waals surface area contributed by atoms with Crippen LogP contribution in [0.5, 0.6) is 5.75 Å². The zero-order valence-electron chi connectivity index (χ0n) is 11.9. The summed E-state index contributed by atoms with van der Waals surface area (Å²) in [5.74, 6) is 1.48. The highest BCUT2D eigenvalue weighted by Gasteiger charge is 2.12. The molecule has 17 heavy (non-hydrogen) atoms. The lowest BCUT2D eigenvalue weighted by molar-refractivity contribution is 0.131. The first kappa shape index (κ1) is 13.8. The zero-order chi connectivity index (χ0) is 13.1. The highest BCUT2D eigenvalue weighted by molar-refractivity contribution is 5.67. The van der Waals surface area contributed by atoms with E-state index in [1.165, 1.54) is 11.1 Å². The molecule has 1 nitrogen and oxygen atoms in total. The van der Waals surface area contributed by atoms with Crippen LogP contribution in [0.1, 0.15) is 47.1 Å². The van der Waals surface area contributed by atoms with Gasteiger partial charge < -0.3 is 4.74 Å². The van der Waals surface area contributed by atoms with Gasteiger partial charge in [-0.25, -0.2) is 0 Å². The van der Waals surface area contributed by atoms with Crippen LogP contribution >= 0.6 is 0 Å². The summed E-state index contributed by atoms with van der Waals surface area (Å²) in [6.07, 6.45) is 2.18. The van der Waals surface area contributed by atoms with Crippen LogP contribution in [0, 0.1) is 5.92 Å². The lowest BCUT2D eigenvalue weighted by Gasteiger charge is -2.21. The summed E-state index contributed by atoms with van der Waals surface area (Å²) in [5, 5.41) is 0. The first-order valence-corrected chi connectivity index (χ1v) is 6.29. The van der Waals surface area contributed by atoms with Crippen LogP contribution in [0.3, 0.4) is 0 Å². The summed E-state index contributed by atoms with van der Waals surface area (Å²) in [6.45, 7) is 12.7. The van der Waals surface area contributed by atoms with E-state index in [1.807, 2.05) is 12.1 Å². The van der Waals surface area contributed by atoms with Gasteiger partial charge in [-0.15, -0.1) is 0 Å². The molecular formula is C16H24O. The summed E-state index contributed by atoms with van der Waals surface area (Å²) in [6, 6.07) is 8.37. The number of rotatable bonds is 3. The summed E-state index contributed by atoms with van der Waals surface area (Å²) in [5.41, 5.74) is 2.53. The molecule has 0 fully saturated rings. The van der Waals surface area contributed by atoms with Crippen molar-refractivity contribution >= 4 is 5.57 Å². The molecule has 94 valence electrons. The smallest absolute Gasteiger partial charge is 0.120 e. The molecule has 0 saturated carbocycles. The van der Waals surface area contributed by atoms with Crippen molar-refractivity contribution in [1.29, 1.82) is 0 Å². The van der Waals surface area contributed by atoms with Crippen molar-refractivity contribution in [3.63, 3.8) is 0 Å². The lowest BCUT2D eigenvalue weighted by atomic mass is 9.95. The molecule has 0 heterocycles. The SMILES string of the molecule is CC=C(c1ccc(OC(C)(C)C)cc1)C(C)C. The third-order valence-corrected chi connectivity index (χ3v) is 2.54. The maximum Gasteiger partial charge on any atom is 0.120 e. The van der Waals surface area contributed by atoms with Gasteiger partial charge in [0.05, 0.1) is 0 Å². The van der Waals surface area contributed by atoms with Crippen molar-refractivity contribution in [2.45, 2.75) is 47.1 Å². The minimum Gasteiger partial charge on any atom is -0.488 e. The molecule has 0 aromatic heterocycles. The Balaban J connectivity index is 2.88. The molecule has 0 spiro atoms. The van der Waals surface area contributed by atoms with E-state index in [-0.39, 0.29) is 5.60 Å². The van der Waals surface area contributed by atoms with Crippen LogP contribution in [0.2, 0.25) is 0 Å². The van der Waals surface area contributed by atoms with E-state index in [9.17, 15) is 0 Å². The Morgan fingerprint density at radius 1 is 1.12 bits per heavy atom. The van der Waals surface area contributed by atoms with Crippen molar-refractivity contribution in [3.8, 4) is 5.75 Å². The molecule has 1 rings (SSSR count). The first-order chi connectivity index (χ1) is 7.83. The van der Waals surface area contributed by atoms with Crippen LogP contribution in [-0.4, -0.2) is 5.60 Å². The van der Waals surface area contributed by atoms with E-state index >= 15 is 0 Å². The Kier molecular flexibility index (Phi) is 4.39. The first-order valence-electron chi connectivity index (χ1n) is 6.29. The summed E-state index contributed by atoms with van der Waals surface area (Å²) in [7, 11) is 0. The van der Waals surface area contributed by atoms with Gasteiger partial charge in [0, 0.05) is 0 Å². The number of allylic oxidation sites excluding steroid dienone is 2. The molecular weight excluding hydrogens is 208 g/mol. The molecule has 0 amide bonds. The van der Waals surface area contributed by atoms with Gasteiger partial charge in [-0.05, 0) is 56.9 Å². The van der Waals surface area contributed by atoms with Crippen LogP contribution in [-0.2, 0) is 0 Å². The van der Waals surface area contributed by atoms with Crippen molar-refractivity contribution in [2.75, 3.05) is 0 Å². The Labute approximate surface area is 106 Å². The van der Waals surface area contributed by atoms with E-state index in [0.717, 1.165) is 5.75 Å². The molecule has 0 aliphatic heterocycles. The summed E-state index contributed by atoms with van der Waals surface area (Å²) < 4.78 is 5.81. The Bertz CT molecular complexity index is 377. The maximum absolute atomic E-state index is 5.81. The highest BCUT2D eigenvalue weighted by Crippen LogP contribution is 2.26. The van der Waals surface area contributed by atoms with E-state index < -0.39 is 0 Å². The van der Waals surface area contributed by atoms with Gasteiger partial charge in [0.2, 0.25) is 0 Å². The van der Waals surface area contributed by atoms with Gasteiger partial charge >= 0.3 is 0 Å². The molecule has 1 aromatic carbocycles. The zero-order valence-corrected chi connectivity index (χ0v) is 11.9. The minimum absolute atomic E-state index is 0.136. The second kappa shape index (κ2) is 5.39. The van der Waals surface area contributed by atoms with Crippen LogP contribution in [0.4, 0.5) is 0 Å². The van der Waals surface area contributed by atoms with Crippen LogP contribution in [0.25, 0.3) is 5.57 Å². The Morgan fingerprint density at radius 2 is 1.65 bits per heavy atom. The molecule has 0 bridgehead atoms. The molecule has 0 N–H and O–H groups in total. The van der Waals surface area contributed by atoms with Gasteiger partial charge in [0.1, 0.15) is 11.4 Å². The fourth-order valence-corrected chi connectivity index (χ4v) is 1.90. The third kappa shape index (κ3) is 4.26. The molecule has 0 saturated heterocycles. The fourth-order valence-electron chi connectivity index (χ4n) is 1.90. The number of ether oxygens (including phenoxy) is 1. The van der Waals surface area contributed by atoms with Crippen LogP contribution < -0.4 is 4.74 Å². The average molecular weight is 232 g/mol. The van der Waals surface area contributed by atoms with Gasteiger partial charge in [0.25, 0.3) is 0 Å². The number of benzene rings is 1. The van der Waals surface area contributed by atoms with Gasteiger partial charge in [-0.3, -0.25) is 0 Å². The second-order valence-corrected chi connectivity index (χ2v) is 5.64. The van der Waals surface area contributed by atoms with Crippen LogP contribution in [0.15, 0.2) is 30.3 Å². The van der Waals surface area contributed by atoms with E-state index in [2.05, 4.69) is 59.8 Å². The minimum atomic E-state index is -0.136. The standard InChI is InChI=1S/C16H24O/c1-7-15(12(2)3)13-8-10-14(11-9-13)17-16(4,5)6/h7-12H,1-6H3. The van der Waals surface area contributed by atoms with E-state index in [1.54, 1.807) is 0 Å². The molecule has 1 heteroatoms. The second-order valence-electron chi connectivity index (χ2n) is 5.64. The summed E-state index contributed by atoms with van der Waals surface area (Å²) >= 11 is 0. The normalized spacial score (nSPS) is 13.0. The quantitative estimate of drug-likeness (QED) is 0.718. The molecule has 0 atom stereocenters. The predicted octanol–water partition coefficient (Wildman–Crippen LogP) is 4.92. The maximum atomic E-state index is 5.81.